The van der Waals surface area contributed by atoms with Gasteiger partial charge in [0.25, 0.3) is 0 Å². The van der Waals surface area contributed by atoms with Crippen LogP contribution in [0.3, 0.4) is 0 Å². The van der Waals surface area contributed by atoms with Crippen LogP contribution in [0, 0.1) is 0 Å². The molecule has 1 atom stereocenters. The highest BCUT2D eigenvalue weighted by Crippen LogP contribution is 2.33. The van der Waals surface area contributed by atoms with E-state index in [4.69, 9.17) is 28.6 Å². The molecule has 4 rings (SSSR count). The molecule has 1 saturated heterocycles. The van der Waals surface area contributed by atoms with E-state index in [1.807, 2.05) is 36.1 Å². The van der Waals surface area contributed by atoms with Gasteiger partial charge in [0.15, 0.2) is 5.11 Å². The van der Waals surface area contributed by atoms with Crippen LogP contribution in [0.4, 0.5) is 17.1 Å². The predicted octanol–water partition coefficient (Wildman–Crippen LogP) is 3.30. The molecule has 2 N–H and O–H groups in total. The van der Waals surface area contributed by atoms with E-state index in [1.54, 1.807) is 0 Å². The first-order valence-corrected chi connectivity index (χ1v) is 12.4. The summed E-state index contributed by atoms with van der Waals surface area (Å²) < 4.78 is 32.7. The van der Waals surface area contributed by atoms with Gasteiger partial charge in [-0.15, -0.1) is 0 Å². The highest BCUT2D eigenvalue weighted by atomic mass is 35.5. The second-order valence-corrected chi connectivity index (χ2v) is 10.3. The fourth-order valence-electron chi connectivity index (χ4n) is 3.77. The number of hydrogen-bond donors (Lipinski definition) is 2. The van der Waals surface area contributed by atoms with E-state index >= 15 is 0 Å². The monoisotopic (exact) mass is 494 g/mol. The third-order valence-electron chi connectivity index (χ3n) is 5.37. The molecule has 2 aliphatic rings. The number of para-hydroxylation sites is 2. The van der Waals surface area contributed by atoms with E-state index in [-0.39, 0.29) is 23.3 Å². The Morgan fingerprint density at radius 1 is 1.22 bits per heavy atom. The van der Waals surface area contributed by atoms with Gasteiger partial charge in [0.05, 0.1) is 40.2 Å². The number of nitrogens with one attached hydrogen (secondary N) is 2. The first-order chi connectivity index (χ1) is 15.3. The maximum absolute atomic E-state index is 13.0. The lowest BCUT2D eigenvalue weighted by molar-refractivity contribution is -0.116. The van der Waals surface area contributed by atoms with E-state index in [0.29, 0.717) is 47.8 Å². The van der Waals surface area contributed by atoms with E-state index in [0.717, 1.165) is 5.69 Å². The minimum atomic E-state index is -3.69. The average molecular weight is 495 g/mol. The molecule has 2 heterocycles. The number of nitrogens with zero attached hydrogens (tertiary/aromatic N) is 2. The number of thiocarbonyl (C=S) groups is 1. The molecular formula is C21H23ClN4O4S2. The summed E-state index contributed by atoms with van der Waals surface area (Å²) in [6, 6.07) is 11.6. The van der Waals surface area contributed by atoms with E-state index in [1.165, 1.54) is 22.5 Å². The van der Waals surface area contributed by atoms with Crippen molar-refractivity contribution in [3.05, 3.63) is 47.5 Å². The van der Waals surface area contributed by atoms with Crippen LogP contribution in [0.1, 0.15) is 13.3 Å². The number of hydrogen-bond acceptors (Lipinski definition) is 5. The van der Waals surface area contributed by atoms with E-state index < -0.39 is 10.0 Å². The van der Waals surface area contributed by atoms with Crippen molar-refractivity contribution in [3.8, 4) is 0 Å². The molecule has 0 bridgehead atoms. The lowest BCUT2D eigenvalue weighted by Crippen LogP contribution is -2.42. The zero-order chi connectivity index (χ0) is 22.9. The average Bonchev–Trinajstić information content (AvgIpc) is 2.89. The molecule has 1 fully saturated rings. The first kappa shape index (κ1) is 22.9. The number of amides is 1. The molecule has 0 saturated carbocycles. The number of carbonyl (C=O) groups excluding carboxylic acids is 1. The molecule has 0 spiro atoms. The molecule has 1 amide bonds. The number of sulfonamides is 1. The highest BCUT2D eigenvalue weighted by molar-refractivity contribution is 7.89. The summed E-state index contributed by atoms with van der Waals surface area (Å²) >= 11 is 12.0. The molecule has 8 nitrogen and oxygen atoms in total. The fraction of sp³-hybridized carbons (Fsp3) is 0.333. The number of rotatable bonds is 3. The first-order valence-electron chi connectivity index (χ1n) is 10.1. The Balaban J connectivity index is 1.63. The second-order valence-electron chi connectivity index (χ2n) is 7.58. The lowest BCUT2D eigenvalue weighted by atomic mass is 10.2. The summed E-state index contributed by atoms with van der Waals surface area (Å²) in [6.45, 7) is 3.23. The number of anilines is 3. The van der Waals surface area contributed by atoms with Crippen LogP contribution in [-0.4, -0.2) is 56.1 Å². The molecule has 0 aliphatic carbocycles. The van der Waals surface area contributed by atoms with Crippen LogP contribution < -0.4 is 15.5 Å². The van der Waals surface area contributed by atoms with E-state index in [9.17, 15) is 13.2 Å². The van der Waals surface area contributed by atoms with Gasteiger partial charge in [-0.3, -0.25) is 4.79 Å². The van der Waals surface area contributed by atoms with Crippen LogP contribution in [0.25, 0.3) is 0 Å². The van der Waals surface area contributed by atoms with Crippen molar-refractivity contribution in [1.82, 2.24) is 4.31 Å². The quantitative estimate of drug-likeness (QED) is 0.632. The van der Waals surface area contributed by atoms with Gasteiger partial charge in [0, 0.05) is 25.6 Å². The van der Waals surface area contributed by atoms with Crippen molar-refractivity contribution in [2.75, 3.05) is 41.8 Å². The number of morpholine rings is 1. The number of carbonyl (C=O) groups is 1. The van der Waals surface area contributed by atoms with Crippen molar-refractivity contribution in [1.29, 1.82) is 0 Å². The van der Waals surface area contributed by atoms with E-state index in [2.05, 4.69) is 10.6 Å². The van der Waals surface area contributed by atoms with Gasteiger partial charge in [-0.05, 0) is 49.5 Å². The van der Waals surface area contributed by atoms with Crippen molar-refractivity contribution in [2.24, 2.45) is 0 Å². The Hall–Kier alpha value is -2.24. The third kappa shape index (κ3) is 4.60. The number of benzene rings is 2. The molecule has 0 radical (unpaired) electrons. The molecule has 0 aromatic heterocycles. The molecule has 170 valence electrons. The summed E-state index contributed by atoms with van der Waals surface area (Å²) in [5, 5.41) is 6.62. The SMILES string of the molecule is CC1CC(=O)Nc2ccccc2N1C(=S)Nc1cc(S(=O)(=O)N2CCOCC2)ccc1Cl. The van der Waals surface area contributed by atoms with Gasteiger partial charge >= 0.3 is 0 Å². The van der Waals surface area contributed by atoms with Gasteiger partial charge in [0.2, 0.25) is 15.9 Å². The normalized spacial score (nSPS) is 19.6. The van der Waals surface area contributed by atoms with Crippen LogP contribution >= 0.6 is 23.8 Å². The molecule has 2 aliphatic heterocycles. The van der Waals surface area contributed by atoms with Gasteiger partial charge in [-0.2, -0.15) is 4.31 Å². The molecule has 1 unspecified atom stereocenters. The van der Waals surface area contributed by atoms with Crippen LogP contribution in [0.2, 0.25) is 5.02 Å². The Kier molecular flexibility index (Phi) is 6.68. The number of halogens is 1. The van der Waals surface area contributed by atoms with Crippen LogP contribution in [-0.2, 0) is 19.6 Å². The molecule has 2 aromatic rings. The molecule has 2 aromatic carbocycles. The summed E-state index contributed by atoms with van der Waals surface area (Å²) in [6.07, 6.45) is 0.246. The summed E-state index contributed by atoms with van der Waals surface area (Å²) in [5.74, 6) is -0.105. The van der Waals surface area contributed by atoms with Gasteiger partial charge in [-0.1, -0.05) is 23.7 Å². The zero-order valence-corrected chi connectivity index (χ0v) is 19.8. The smallest absolute Gasteiger partial charge is 0.243 e. The molecule has 32 heavy (non-hydrogen) atoms. The summed E-state index contributed by atoms with van der Waals surface area (Å²) in [5.41, 5.74) is 1.77. The Bertz CT molecular complexity index is 1150. The summed E-state index contributed by atoms with van der Waals surface area (Å²) in [4.78, 5) is 14.2. The maximum Gasteiger partial charge on any atom is 0.243 e. The maximum atomic E-state index is 13.0. The Morgan fingerprint density at radius 3 is 2.69 bits per heavy atom. The van der Waals surface area contributed by atoms with Gasteiger partial charge in [-0.25, -0.2) is 8.42 Å². The van der Waals surface area contributed by atoms with Crippen molar-refractivity contribution >= 4 is 61.9 Å². The van der Waals surface area contributed by atoms with Crippen molar-refractivity contribution in [3.63, 3.8) is 0 Å². The lowest BCUT2D eigenvalue weighted by Gasteiger charge is -2.31. The second kappa shape index (κ2) is 9.32. The molecular weight excluding hydrogens is 472 g/mol. The predicted molar refractivity (Wildman–Crippen MR) is 129 cm³/mol. The number of ether oxygens (including phenoxy) is 1. The topological polar surface area (TPSA) is 91.0 Å². The number of fused-ring (bicyclic) bond motifs is 1. The summed E-state index contributed by atoms with van der Waals surface area (Å²) in [7, 11) is -3.69. The Labute approximate surface area is 197 Å². The van der Waals surface area contributed by atoms with Crippen molar-refractivity contribution in [2.45, 2.75) is 24.3 Å². The van der Waals surface area contributed by atoms with Gasteiger partial charge in [0.1, 0.15) is 0 Å². The van der Waals surface area contributed by atoms with Crippen LogP contribution in [0.15, 0.2) is 47.4 Å². The minimum Gasteiger partial charge on any atom is -0.379 e. The van der Waals surface area contributed by atoms with Crippen LogP contribution in [0.5, 0.6) is 0 Å². The largest absolute Gasteiger partial charge is 0.379 e. The zero-order valence-electron chi connectivity index (χ0n) is 17.4. The highest BCUT2D eigenvalue weighted by Gasteiger charge is 2.29. The minimum absolute atomic E-state index is 0.105. The van der Waals surface area contributed by atoms with Crippen molar-refractivity contribution < 1.29 is 17.9 Å². The Morgan fingerprint density at radius 2 is 1.94 bits per heavy atom. The standard InChI is InChI=1S/C21H23ClN4O4S2/c1-14-12-20(27)23-17-4-2-3-5-19(17)26(14)21(31)24-18-13-15(6-7-16(18)22)32(28,29)25-8-10-30-11-9-25/h2-7,13-14H,8-12H2,1H3,(H,23,27)(H,24,31). The van der Waals surface area contributed by atoms with Gasteiger partial charge < -0.3 is 20.3 Å². The fourth-order valence-corrected chi connectivity index (χ4v) is 5.76. The third-order valence-corrected chi connectivity index (χ3v) is 7.89. The molecule has 11 heteroatoms.